The van der Waals surface area contributed by atoms with E-state index in [-0.39, 0.29) is 6.04 Å². The van der Waals surface area contributed by atoms with Crippen LogP contribution in [0, 0.1) is 5.92 Å². The molecule has 1 heterocycles. The molecule has 0 aliphatic carbocycles. The van der Waals surface area contributed by atoms with Crippen molar-refractivity contribution < 1.29 is 4.74 Å². The van der Waals surface area contributed by atoms with Gasteiger partial charge in [-0.25, -0.2) is 0 Å². The minimum Gasteiger partial charge on any atom is -0.494 e. The Hall–Kier alpha value is -0.670. The zero-order valence-corrected chi connectivity index (χ0v) is 11.2. The van der Waals surface area contributed by atoms with Gasteiger partial charge in [0.2, 0.25) is 0 Å². The zero-order valence-electron chi connectivity index (χ0n) is 10.4. The van der Waals surface area contributed by atoms with Crippen LogP contribution in [0.5, 0.6) is 5.75 Å². The van der Waals surface area contributed by atoms with E-state index in [4.69, 9.17) is 10.5 Å². The van der Waals surface area contributed by atoms with Crippen molar-refractivity contribution in [3.63, 3.8) is 0 Å². The predicted octanol–water partition coefficient (Wildman–Crippen LogP) is 3.23. The standard InChI is InChI=1S/C14H21NOS/c1-2-8-16-13-5-3-11(4-6-13)14(15)12-7-9-17-10-12/h3-6,12,14H,2,7-10,15H2,1H3. The van der Waals surface area contributed by atoms with Gasteiger partial charge in [0, 0.05) is 6.04 Å². The molecule has 2 rings (SSSR count). The van der Waals surface area contributed by atoms with Crippen molar-refractivity contribution in [3.05, 3.63) is 29.8 Å². The van der Waals surface area contributed by atoms with Crippen LogP contribution in [-0.2, 0) is 0 Å². The molecule has 17 heavy (non-hydrogen) atoms. The number of ether oxygens (including phenoxy) is 1. The minimum atomic E-state index is 0.185. The molecule has 0 saturated carbocycles. The Bertz CT molecular complexity index is 333. The van der Waals surface area contributed by atoms with Crippen LogP contribution < -0.4 is 10.5 Å². The van der Waals surface area contributed by atoms with E-state index in [1.165, 1.54) is 23.5 Å². The molecule has 1 aliphatic rings. The summed E-state index contributed by atoms with van der Waals surface area (Å²) in [5, 5.41) is 0. The van der Waals surface area contributed by atoms with Crippen LogP contribution in [0.15, 0.2) is 24.3 Å². The van der Waals surface area contributed by atoms with Crippen LogP contribution in [0.2, 0.25) is 0 Å². The molecule has 0 aromatic heterocycles. The van der Waals surface area contributed by atoms with E-state index >= 15 is 0 Å². The first-order chi connectivity index (χ1) is 8.31. The number of rotatable bonds is 5. The monoisotopic (exact) mass is 251 g/mol. The summed E-state index contributed by atoms with van der Waals surface area (Å²) in [7, 11) is 0. The van der Waals surface area contributed by atoms with Gasteiger partial charge in [0.1, 0.15) is 5.75 Å². The van der Waals surface area contributed by atoms with Gasteiger partial charge >= 0.3 is 0 Å². The summed E-state index contributed by atoms with van der Waals surface area (Å²) in [6.07, 6.45) is 2.29. The highest BCUT2D eigenvalue weighted by Gasteiger charge is 2.23. The highest BCUT2D eigenvalue weighted by Crippen LogP contribution is 2.33. The minimum absolute atomic E-state index is 0.185. The lowest BCUT2D eigenvalue weighted by Gasteiger charge is -2.18. The molecule has 2 N–H and O–H groups in total. The largest absolute Gasteiger partial charge is 0.494 e. The molecule has 2 nitrogen and oxygen atoms in total. The fourth-order valence-corrected chi connectivity index (χ4v) is 3.43. The van der Waals surface area contributed by atoms with Crippen LogP contribution in [0.25, 0.3) is 0 Å². The SMILES string of the molecule is CCCOc1ccc(C(N)C2CCSC2)cc1. The molecule has 0 bridgehead atoms. The lowest BCUT2D eigenvalue weighted by molar-refractivity contribution is 0.317. The zero-order chi connectivity index (χ0) is 12.1. The Morgan fingerprint density at radius 1 is 1.41 bits per heavy atom. The van der Waals surface area contributed by atoms with E-state index in [9.17, 15) is 0 Å². The van der Waals surface area contributed by atoms with E-state index in [0.717, 1.165) is 18.8 Å². The Morgan fingerprint density at radius 3 is 2.76 bits per heavy atom. The fraction of sp³-hybridized carbons (Fsp3) is 0.571. The van der Waals surface area contributed by atoms with E-state index < -0.39 is 0 Å². The summed E-state index contributed by atoms with van der Waals surface area (Å²) in [4.78, 5) is 0. The number of benzene rings is 1. The Balaban J connectivity index is 1.96. The molecule has 1 saturated heterocycles. The summed E-state index contributed by atoms with van der Waals surface area (Å²) in [5.74, 6) is 4.05. The average Bonchev–Trinajstić information content (AvgIpc) is 2.90. The summed E-state index contributed by atoms with van der Waals surface area (Å²) in [6, 6.07) is 8.47. The lowest BCUT2D eigenvalue weighted by atomic mass is 9.93. The normalized spacial score (nSPS) is 21.4. The van der Waals surface area contributed by atoms with Crippen molar-refractivity contribution in [1.82, 2.24) is 0 Å². The maximum Gasteiger partial charge on any atom is 0.119 e. The molecule has 1 fully saturated rings. The molecule has 1 aromatic rings. The highest BCUT2D eigenvalue weighted by molar-refractivity contribution is 7.99. The van der Waals surface area contributed by atoms with E-state index in [0.29, 0.717) is 5.92 Å². The summed E-state index contributed by atoms with van der Waals surface area (Å²) in [6.45, 7) is 2.90. The van der Waals surface area contributed by atoms with Crippen molar-refractivity contribution in [2.45, 2.75) is 25.8 Å². The number of hydrogen-bond acceptors (Lipinski definition) is 3. The molecule has 1 aliphatic heterocycles. The molecular weight excluding hydrogens is 230 g/mol. The third-order valence-electron chi connectivity index (χ3n) is 3.21. The van der Waals surface area contributed by atoms with Gasteiger partial charge in [0.25, 0.3) is 0 Å². The Morgan fingerprint density at radius 2 is 2.18 bits per heavy atom. The highest BCUT2D eigenvalue weighted by atomic mass is 32.2. The van der Waals surface area contributed by atoms with Crippen molar-refractivity contribution in [3.8, 4) is 5.75 Å². The average molecular weight is 251 g/mol. The van der Waals surface area contributed by atoms with E-state index in [2.05, 4.69) is 19.1 Å². The van der Waals surface area contributed by atoms with Gasteiger partial charge in [-0.15, -0.1) is 0 Å². The number of hydrogen-bond donors (Lipinski definition) is 1. The second kappa shape index (κ2) is 6.31. The predicted molar refractivity (Wildman–Crippen MR) is 74.6 cm³/mol. The van der Waals surface area contributed by atoms with Crippen molar-refractivity contribution in [2.24, 2.45) is 11.7 Å². The van der Waals surface area contributed by atoms with Crippen LogP contribution in [0.1, 0.15) is 31.4 Å². The van der Waals surface area contributed by atoms with Crippen LogP contribution >= 0.6 is 11.8 Å². The second-order valence-corrected chi connectivity index (χ2v) is 5.72. The maximum absolute atomic E-state index is 6.30. The fourth-order valence-electron chi connectivity index (χ4n) is 2.11. The van der Waals surface area contributed by atoms with Gasteiger partial charge in [0.15, 0.2) is 0 Å². The second-order valence-electron chi connectivity index (χ2n) is 4.57. The summed E-state index contributed by atoms with van der Waals surface area (Å²) >= 11 is 2.01. The first-order valence-electron chi connectivity index (χ1n) is 6.37. The van der Waals surface area contributed by atoms with Crippen LogP contribution in [0.3, 0.4) is 0 Å². The van der Waals surface area contributed by atoms with Crippen LogP contribution in [-0.4, -0.2) is 18.1 Å². The van der Waals surface area contributed by atoms with Crippen LogP contribution in [0.4, 0.5) is 0 Å². The molecule has 0 amide bonds. The Kier molecular flexibility index (Phi) is 4.75. The van der Waals surface area contributed by atoms with E-state index in [1.54, 1.807) is 0 Å². The van der Waals surface area contributed by atoms with Gasteiger partial charge < -0.3 is 10.5 Å². The molecule has 2 unspecified atom stereocenters. The maximum atomic E-state index is 6.30. The smallest absolute Gasteiger partial charge is 0.119 e. The van der Waals surface area contributed by atoms with Crippen molar-refractivity contribution in [1.29, 1.82) is 0 Å². The summed E-state index contributed by atoms with van der Waals surface area (Å²) < 4.78 is 5.57. The first-order valence-corrected chi connectivity index (χ1v) is 7.53. The van der Waals surface area contributed by atoms with E-state index in [1.807, 2.05) is 23.9 Å². The van der Waals surface area contributed by atoms with Gasteiger partial charge in [-0.05, 0) is 48.0 Å². The topological polar surface area (TPSA) is 35.2 Å². The Labute approximate surface area is 108 Å². The van der Waals surface area contributed by atoms with Gasteiger partial charge in [-0.1, -0.05) is 19.1 Å². The van der Waals surface area contributed by atoms with Gasteiger partial charge in [-0.3, -0.25) is 0 Å². The number of nitrogens with two attached hydrogens (primary N) is 1. The number of thioether (sulfide) groups is 1. The first kappa shape index (κ1) is 12.8. The molecule has 0 spiro atoms. The van der Waals surface area contributed by atoms with Gasteiger partial charge in [-0.2, -0.15) is 11.8 Å². The molecule has 0 radical (unpaired) electrons. The molecular formula is C14H21NOS. The quantitative estimate of drug-likeness (QED) is 0.872. The molecule has 2 atom stereocenters. The summed E-state index contributed by atoms with van der Waals surface area (Å²) in [5.41, 5.74) is 7.53. The van der Waals surface area contributed by atoms with Gasteiger partial charge in [0.05, 0.1) is 6.61 Å². The third kappa shape index (κ3) is 3.39. The molecule has 1 aromatic carbocycles. The third-order valence-corrected chi connectivity index (χ3v) is 4.40. The molecule has 94 valence electrons. The molecule has 3 heteroatoms. The van der Waals surface area contributed by atoms with Crippen molar-refractivity contribution >= 4 is 11.8 Å². The lowest BCUT2D eigenvalue weighted by Crippen LogP contribution is -2.20. The van der Waals surface area contributed by atoms with Crippen molar-refractivity contribution in [2.75, 3.05) is 18.1 Å².